The molecule has 0 aromatic heterocycles. The zero-order valence-electron chi connectivity index (χ0n) is 16.6. The number of rotatable bonds is 9. The molecule has 2 aromatic carbocycles. The van der Waals surface area contributed by atoms with E-state index in [9.17, 15) is 10.2 Å². The van der Waals surface area contributed by atoms with Gasteiger partial charge in [-0.3, -0.25) is 0 Å². The van der Waals surface area contributed by atoms with E-state index < -0.39 is 30.7 Å². The van der Waals surface area contributed by atoms with E-state index in [1.165, 1.54) is 7.11 Å². The van der Waals surface area contributed by atoms with E-state index in [1.807, 2.05) is 54.6 Å². The van der Waals surface area contributed by atoms with E-state index in [4.69, 9.17) is 23.7 Å². The lowest BCUT2D eigenvalue weighted by atomic mass is 9.98. The first kappa shape index (κ1) is 21.7. The van der Waals surface area contributed by atoms with Gasteiger partial charge in [-0.05, 0) is 23.3 Å². The lowest BCUT2D eigenvalue weighted by molar-refractivity contribution is -0.314. The van der Waals surface area contributed by atoms with Crippen LogP contribution in [0.25, 0.3) is 0 Å². The van der Waals surface area contributed by atoms with Crippen molar-refractivity contribution in [3.8, 4) is 5.75 Å². The molecule has 0 aliphatic carbocycles. The van der Waals surface area contributed by atoms with Gasteiger partial charge in [0, 0.05) is 7.11 Å². The standard InChI is InChI=1S/C22H28O7/c1-25-17-10-8-16(9-11-17)14-28-21-20(27-13-15-6-4-3-5-7-15)19(24)18(12-23)29-22(21)26-2/h3-11,18-24H,12-14H2,1-2H3/t18?,19-,20-,21?,22+/m1/s1. The molecule has 29 heavy (non-hydrogen) atoms. The Morgan fingerprint density at radius 3 is 2.07 bits per heavy atom. The predicted molar refractivity (Wildman–Crippen MR) is 105 cm³/mol. The second-order valence-electron chi connectivity index (χ2n) is 6.84. The van der Waals surface area contributed by atoms with Crippen LogP contribution in [0.5, 0.6) is 5.75 Å². The van der Waals surface area contributed by atoms with Gasteiger partial charge in [-0.2, -0.15) is 0 Å². The van der Waals surface area contributed by atoms with Crippen LogP contribution in [0.3, 0.4) is 0 Å². The largest absolute Gasteiger partial charge is 0.497 e. The molecule has 1 saturated heterocycles. The van der Waals surface area contributed by atoms with Crippen molar-refractivity contribution in [3.05, 3.63) is 65.7 Å². The maximum atomic E-state index is 10.7. The second kappa shape index (κ2) is 10.7. The van der Waals surface area contributed by atoms with Gasteiger partial charge in [0.25, 0.3) is 0 Å². The minimum absolute atomic E-state index is 0.277. The molecular formula is C22H28O7. The molecule has 1 fully saturated rings. The third kappa shape index (κ3) is 5.54. The molecule has 7 nitrogen and oxygen atoms in total. The van der Waals surface area contributed by atoms with Crippen LogP contribution in [-0.4, -0.2) is 61.7 Å². The van der Waals surface area contributed by atoms with Crippen molar-refractivity contribution in [1.29, 1.82) is 0 Å². The van der Waals surface area contributed by atoms with Crippen molar-refractivity contribution in [1.82, 2.24) is 0 Å². The first-order valence-electron chi connectivity index (χ1n) is 9.53. The van der Waals surface area contributed by atoms with Gasteiger partial charge in [0.15, 0.2) is 6.29 Å². The maximum absolute atomic E-state index is 10.7. The quantitative estimate of drug-likeness (QED) is 0.660. The van der Waals surface area contributed by atoms with Gasteiger partial charge in [0.2, 0.25) is 0 Å². The van der Waals surface area contributed by atoms with E-state index in [2.05, 4.69) is 0 Å². The monoisotopic (exact) mass is 404 g/mol. The molecule has 0 amide bonds. The summed E-state index contributed by atoms with van der Waals surface area (Å²) in [5.41, 5.74) is 1.90. The first-order valence-corrected chi connectivity index (χ1v) is 9.53. The predicted octanol–water partition coefficient (Wildman–Crippen LogP) is 1.89. The van der Waals surface area contributed by atoms with Crippen molar-refractivity contribution in [2.45, 2.75) is 43.9 Å². The summed E-state index contributed by atoms with van der Waals surface area (Å²) in [6.07, 6.45) is -4.07. The molecule has 2 unspecified atom stereocenters. The maximum Gasteiger partial charge on any atom is 0.186 e. The number of aliphatic hydroxyl groups excluding tert-OH is 2. The Labute approximate surface area is 170 Å². The zero-order chi connectivity index (χ0) is 20.6. The van der Waals surface area contributed by atoms with Crippen molar-refractivity contribution in [3.63, 3.8) is 0 Å². The zero-order valence-corrected chi connectivity index (χ0v) is 16.6. The highest BCUT2D eigenvalue weighted by atomic mass is 16.7. The molecular weight excluding hydrogens is 376 g/mol. The summed E-state index contributed by atoms with van der Waals surface area (Å²) < 4.78 is 28.3. The summed E-state index contributed by atoms with van der Waals surface area (Å²) in [5.74, 6) is 0.759. The van der Waals surface area contributed by atoms with E-state index in [1.54, 1.807) is 7.11 Å². The Kier molecular flexibility index (Phi) is 8.00. The smallest absolute Gasteiger partial charge is 0.186 e. The Balaban J connectivity index is 1.72. The van der Waals surface area contributed by atoms with Gasteiger partial charge in [-0.15, -0.1) is 0 Å². The summed E-state index contributed by atoms with van der Waals surface area (Å²) in [6.45, 7) is 0.219. The third-order valence-electron chi connectivity index (χ3n) is 4.92. The van der Waals surface area contributed by atoms with E-state index in [0.717, 1.165) is 16.9 Å². The van der Waals surface area contributed by atoms with Crippen LogP contribution in [-0.2, 0) is 32.2 Å². The number of aliphatic hydroxyl groups is 2. The van der Waals surface area contributed by atoms with Crippen LogP contribution in [0, 0.1) is 0 Å². The molecule has 1 aliphatic heterocycles. The molecule has 2 aromatic rings. The molecule has 158 valence electrons. The summed E-state index contributed by atoms with van der Waals surface area (Å²) >= 11 is 0. The number of hydrogen-bond acceptors (Lipinski definition) is 7. The highest BCUT2D eigenvalue weighted by Gasteiger charge is 2.47. The van der Waals surface area contributed by atoms with Crippen LogP contribution < -0.4 is 4.74 Å². The van der Waals surface area contributed by atoms with Crippen LogP contribution in [0.1, 0.15) is 11.1 Å². The molecule has 5 atom stereocenters. The third-order valence-corrected chi connectivity index (χ3v) is 4.92. The molecule has 0 radical (unpaired) electrons. The van der Waals surface area contributed by atoms with Gasteiger partial charge < -0.3 is 33.9 Å². The Bertz CT molecular complexity index is 722. The fraction of sp³-hybridized carbons (Fsp3) is 0.455. The highest BCUT2D eigenvalue weighted by Crippen LogP contribution is 2.28. The summed E-state index contributed by atoms with van der Waals surface area (Å²) in [7, 11) is 3.11. The summed E-state index contributed by atoms with van der Waals surface area (Å²) in [5, 5.41) is 20.3. The van der Waals surface area contributed by atoms with Crippen molar-refractivity contribution >= 4 is 0 Å². The van der Waals surface area contributed by atoms with Crippen LogP contribution in [0.15, 0.2) is 54.6 Å². The highest BCUT2D eigenvalue weighted by molar-refractivity contribution is 5.26. The van der Waals surface area contributed by atoms with E-state index >= 15 is 0 Å². The number of ether oxygens (including phenoxy) is 5. The van der Waals surface area contributed by atoms with E-state index in [0.29, 0.717) is 6.61 Å². The number of benzene rings is 2. The molecule has 1 heterocycles. The van der Waals surface area contributed by atoms with Crippen LogP contribution >= 0.6 is 0 Å². The molecule has 0 spiro atoms. The molecule has 0 bridgehead atoms. The lowest BCUT2D eigenvalue weighted by Crippen LogP contribution is -2.60. The minimum Gasteiger partial charge on any atom is -0.497 e. The Hall–Kier alpha value is -2.00. The van der Waals surface area contributed by atoms with Crippen LogP contribution in [0.2, 0.25) is 0 Å². The number of hydrogen-bond donors (Lipinski definition) is 2. The fourth-order valence-electron chi connectivity index (χ4n) is 3.28. The SMILES string of the molecule is COc1ccc(COC2[C@@H](OC)OC(CO)[C@@H](O)[C@H]2OCc2ccccc2)cc1. The van der Waals surface area contributed by atoms with Crippen molar-refractivity contribution < 1.29 is 33.9 Å². The van der Waals surface area contributed by atoms with Crippen LogP contribution in [0.4, 0.5) is 0 Å². The minimum atomic E-state index is -1.06. The number of methoxy groups -OCH3 is 2. The average molecular weight is 404 g/mol. The molecule has 1 aliphatic rings. The van der Waals surface area contributed by atoms with Gasteiger partial charge in [-0.1, -0.05) is 42.5 Å². The molecule has 0 saturated carbocycles. The van der Waals surface area contributed by atoms with Crippen molar-refractivity contribution in [2.24, 2.45) is 0 Å². The topological polar surface area (TPSA) is 86.6 Å². The van der Waals surface area contributed by atoms with Crippen molar-refractivity contribution in [2.75, 3.05) is 20.8 Å². The summed E-state index contributed by atoms with van der Waals surface area (Å²) in [4.78, 5) is 0. The fourth-order valence-corrected chi connectivity index (χ4v) is 3.28. The second-order valence-corrected chi connectivity index (χ2v) is 6.84. The van der Waals surface area contributed by atoms with Gasteiger partial charge in [-0.25, -0.2) is 0 Å². The molecule has 2 N–H and O–H groups in total. The molecule has 7 heteroatoms. The van der Waals surface area contributed by atoms with E-state index in [-0.39, 0.29) is 13.2 Å². The van der Waals surface area contributed by atoms with Gasteiger partial charge in [0.05, 0.1) is 26.9 Å². The summed E-state index contributed by atoms with van der Waals surface area (Å²) in [6, 6.07) is 17.2. The normalized spacial score (nSPS) is 27.0. The Morgan fingerprint density at radius 1 is 0.862 bits per heavy atom. The van der Waals surface area contributed by atoms with Gasteiger partial charge in [0.1, 0.15) is 30.2 Å². The average Bonchev–Trinajstić information content (AvgIpc) is 2.78. The Morgan fingerprint density at radius 2 is 1.48 bits per heavy atom. The first-order chi connectivity index (χ1) is 14.2. The van der Waals surface area contributed by atoms with Gasteiger partial charge >= 0.3 is 0 Å². The lowest BCUT2D eigenvalue weighted by Gasteiger charge is -2.43. The molecule has 3 rings (SSSR count).